The van der Waals surface area contributed by atoms with Gasteiger partial charge >= 0.3 is 0 Å². The molecule has 0 atom stereocenters. The molecule has 158 valence electrons. The van der Waals surface area contributed by atoms with Crippen LogP contribution in [0.2, 0.25) is 0 Å². The summed E-state index contributed by atoms with van der Waals surface area (Å²) in [7, 11) is 0. The van der Waals surface area contributed by atoms with Crippen molar-refractivity contribution in [2.75, 3.05) is 58.9 Å². The lowest BCUT2D eigenvalue weighted by molar-refractivity contribution is -0.136. The van der Waals surface area contributed by atoms with Crippen molar-refractivity contribution in [2.45, 2.75) is 31.7 Å². The Labute approximate surface area is 181 Å². The minimum absolute atomic E-state index is 0.172. The first-order valence-corrected chi connectivity index (χ1v) is 11.6. The summed E-state index contributed by atoms with van der Waals surface area (Å²) in [4.78, 5) is 34.0. The van der Waals surface area contributed by atoms with Crippen LogP contribution in [0.25, 0.3) is 0 Å². The maximum atomic E-state index is 12.7. The van der Waals surface area contributed by atoms with Gasteiger partial charge in [-0.1, -0.05) is 34.5 Å². The molecular formula is C22H31BrN4O2. The van der Waals surface area contributed by atoms with Gasteiger partial charge in [-0.15, -0.1) is 0 Å². The number of piperazine rings is 2. The summed E-state index contributed by atoms with van der Waals surface area (Å²) in [5.74, 6) is 0.415. The smallest absolute Gasteiger partial charge is 0.236 e. The number of nitrogens with zero attached hydrogens (tertiary/aromatic N) is 4. The molecule has 0 spiro atoms. The number of benzene rings is 1. The summed E-state index contributed by atoms with van der Waals surface area (Å²) in [6.45, 7) is 7.22. The molecule has 1 aliphatic carbocycles. The molecular weight excluding hydrogens is 432 g/mol. The fourth-order valence-electron chi connectivity index (χ4n) is 4.42. The van der Waals surface area contributed by atoms with E-state index in [1.54, 1.807) is 0 Å². The van der Waals surface area contributed by atoms with Crippen molar-refractivity contribution >= 4 is 27.7 Å². The van der Waals surface area contributed by atoms with Gasteiger partial charge in [0.15, 0.2) is 0 Å². The molecule has 0 aromatic heterocycles. The lowest BCUT2D eigenvalue weighted by atomic mass is 9.91. The van der Waals surface area contributed by atoms with Crippen LogP contribution in [0.5, 0.6) is 0 Å². The third-order valence-electron chi connectivity index (χ3n) is 6.61. The summed E-state index contributed by atoms with van der Waals surface area (Å²) < 4.78 is 1.02. The minimum Gasteiger partial charge on any atom is -0.340 e. The number of hydrogen-bond donors (Lipinski definition) is 0. The summed E-state index contributed by atoms with van der Waals surface area (Å²) in [5.41, 5.74) is 1.04. The number of hydrogen-bond acceptors (Lipinski definition) is 4. The van der Waals surface area contributed by atoms with Crippen molar-refractivity contribution < 1.29 is 9.59 Å². The molecule has 2 amide bonds. The number of carbonyl (C=O) groups is 2. The third-order valence-corrected chi connectivity index (χ3v) is 7.14. The normalized spacial score (nSPS) is 21.8. The van der Waals surface area contributed by atoms with Crippen LogP contribution in [-0.2, 0) is 16.0 Å². The zero-order chi connectivity index (χ0) is 20.2. The zero-order valence-corrected chi connectivity index (χ0v) is 18.6. The predicted molar refractivity (Wildman–Crippen MR) is 117 cm³/mol. The molecule has 0 unspecified atom stereocenters. The van der Waals surface area contributed by atoms with Crippen molar-refractivity contribution in [2.24, 2.45) is 0 Å². The van der Waals surface area contributed by atoms with E-state index < -0.39 is 0 Å². The Balaban J connectivity index is 1.17. The standard InChI is InChI=1S/C22H31BrN4O2/c23-19-6-4-18(5-7-19)16-21(28)26-10-8-24(9-11-26)17-22(29)27-14-12-25(13-15-27)20-2-1-3-20/h4-7,20H,1-3,8-17H2. The summed E-state index contributed by atoms with van der Waals surface area (Å²) in [6.07, 6.45) is 4.47. The maximum absolute atomic E-state index is 12.7. The van der Waals surface area contributed by atoms with E-state index in [9.17, 15) is 9.59 Å². The first-order chi connectivity index (χ1) is 14.1. The first-order valence-electron chi connectivity index (χ1n) is 10.8. The topological polar surface area (TPSA) is 47.1 Å². The average Bonchev–Trinajstić information content (AvgIpc) is 2.69. The highest BCUT2D eigenvalue weighted by Crippen LogP contribution is 2.25. The molecule has 29 heavy (non-hydrogen) atoms. The second kappa shape index (κ2) is 9.58. The van der Waals surface area contributed by atoms with Gasteiger partial charge in [-0.3, -0.25) is 19.4 Å². The average molecular weight is 463 g/mol. The molecule has 2 heterocycles. The van der Waals surface area contributed by atoms with Crippen molar-refractivity contribution in [1.82, 2.24) is 19.6 Å². The van der Waals surface area contributed by atoms with Gasteiger partial charge < -0.3 is 9.80 Å². The third kappa shape index (κ3) is 5.38. The molecule has 0 N–H and O–H groups in total. The fourth-order valence-corrected chi connectivity index (χ4v) is 4.69. The monoisotopic (exact) mass is 462 g/mol. The number of amides is 2. The van der Waals surface area contributed by atoms with Gasteiger partial charge in [-0.2, -0.15) is 0 Å². The number of carbonyl (C=O) groups excluding carboxylic acids is 2. The van der Waals surface area contributed by atoms with Gasteiger partial charge in [0.1, 0.15) is 0 Å². The largest absolute Gasteiger partial charge is 0.340 e. The van der Waals surface area contributed by atoms with Gasteiger partial charge in [0, 0.05) is 62.9 Å². The molecule has 4 rings (SSSR count). The van der Waals surface area contributed by atoms with Crippen LogP contribution in [-0.4, -0.2) is 96.4 Å². The van der Waals surface area contributed by atoms with Crippen LogP contribution >= 0.6 is 15.9 Å². The Bertz CT molecular complexity index is 706. The molecule has 2 saturated heterocycles. The maximum Gasteiger partial charge on any atom is 0.236 e. The molecule has 3 fully saturated rings. The lowest BCUT2D eigenvalue weighted by Crippen LogP contribution is -2.56. The van der Waals surface area contributed by atoms with Gasteiger partial charge in [-0.25, -0.2) is 0 Å². The Kier molecular flexibility index (Phi) is 6.88. The summed E-state index contributed by atoms with van der Waals surface area (Å²) in [6, 6.07) is 8.69. The van der Waals surface area contributed by atoms with E-state index >= 15 is 0 Å². The van der Waals surface area contributed by atoms with Crippen LogP contribution in [0.15, 0.2) is 28.7 Å². The molecule has 2 aliphatic heterocycles. The van der Waals surface area contributed by atoms with Crippen LogP contribution in [0.1, 0.15) is 24.8 Å². The van der Waals surface area contributed by atoms with Crippen LogP contribution in [0.4, 0.5) is 0 Å². The van der Waals surface area contributed by atoms with Crippen LogP contribution < -0.4 is 0 Å². The first kappa shape index (κ1) is 20.8. The second-order valence-electron chi connectivity index (χ2n) is 8.46. The van der Waals surface area contributed by atoms with Gasteiger partial charge in [-0.05, 0) is 30.5 Å². The second-order valence-corrected chi connectivity index (χ2v) is 9.38. The van der Waals surface area contributed by atoms with E-state index in [2.05, 4.69) is 25.7 Å². The van der Waals surface area contributed by atoms with Gasteiger partial charge in [0.2, 0.25) is 11.8 Å². The molecule has 1 aromatic rings. The van der Waals surface area contributed by atoms with E-state index in [1.165, 1.54) is 19.3 Å². The van der Waals surface area contributed by atoms with Crippen LogP contribution in [0, 0.1) is 0 Å². The highest BCUT2D eigenvalue weighted by molar-refractivity contribution is 9.10. The Morgan fingerprint density at radius 2 is 1.41 bits per heavy atom. The molecule has 6 nitrogen and oxygen atoms in total. The van der Waals surface area contributed by atoms with Crippen molar-refractivity contribution in [3.8, 4) is 0 Å². The molecule has 0 radical (unpaired) electrons. The van der Waals surface area contributed by atoms with Gasteiger partial charge in [0.25, 0.3) is 0 Å². The van der Waals surface area contributed by atoms with Crippen molar-refractivity contribution in [1.29, 1.82) is 0 Å². The predicted octanol–water partition coefficient (Wildman–Crippen LogP) is 1.83. The summed E-state index contributed by atoms with van der Waals surface area (Å²) >= 11 is 3.42. The van der Waals surface area contributed by atoms with E-state index in [4.69, 9.17) is 0 Å². The van der Waals surface area contributed by atoms with E-state index in [-0.39, 0.29) is 11.8 Å². The van der Waals surface area contributed by atoms with E-state index in [0.717, 1.165) is 55.3 Å². The van der Waals surface area contributed by atoms with Crippen LogP contribution in [0.3, 0.4) is 0 Å². The summed E-state index contributed by atoms with van der Waals surface area (Å²) in [5, 5.41) is 0. The van der Waals surface area contributed by atoms with Gasteiger partial charge in [0.05, 0.1) is 13.0 Å². The quantitative estimate of drug-likeness (QED) is 0.669. The molecule has 7 heteroatoms. The number of halogens is 1. The zero-order valence-electron chi connectivity index (χ0n) is 17.1. The SMILES string of the molecule is O=C(Cc1ccc(Br)cc1)N1CCN(CC(=O)N2CCN(C3CCC3)CC2)CC1. The van der Waals surface area contributed by atoms with E-state index in [1.807, 2.05) is 34.1 Å². The fraction of sp³-hybridized carbons (Fsp3) is 0.636. The van der Waals surface area contributed by atoms with Crippen molar-refractivity contribution in [3.63, 3.8) is 0 Å². The molecule has 3 aliphatic rings. The molecule has 0 bridgehead atoms. The minimum atomic E-state index is 0.172. The Hall–Kier alpha value is -1.44. The van der Waals surface area contributed by atoms with E-state index in [0.29, 0.717) is 26.1 Å². The highest BCUT2D eigenvalue weighted by Gasteiger charge is 2.30. The van der Waals surface area contributed by atoms with Crippen molar-refractivity contribution in [3.05, 3.63) is 34.3 Å². The highest BCUT2D eigenvalue weighted by atomic mass is 79.9. The Morgan fingerprint density at radius 3 is 2.00 bits per heavy atom. The molecule has 1 aromatic carbocycles. The molecule has 1 saturated carbocycles. The number of rotatable bonds is 5. The lowest BCUT2D eigenvalue weighted by Gasteiger charge is -2.43. The Morgan fingerprint density at radius 1 is 0.828 bits per heavy atom.